The molecule has 1 amide bonds. The summed E-state index contributed by atoms with van der Waals surface area (Å²) >= 11 is 1.12. The fourth-order valence-electron chi connectivity index (χ4n) is 1.38. The highest BCUT2D eigenvalue weighted by atomic mass is 32.1. The van der Waals surface area contributed by atoms with Gasteiger partial charge in [-0.2, -0.15) is 4.37 Å². The Morgan fingerprint density at radius 3 is 2.68 bits per heavy atom. The molecular formula is C13H14FN3OS. The van der Waals surface area contributed by atoms with E-state index in [4.69, 9.17) is 0 Å². The van der Waals surface area contributed by atoms with Crippen LogP contribution in [0.3, 0.4) is 0 Å². The van der Waals surface area contributed by atoms with Gasteiger partial charge in [0.15, 0.2) is 0 Å². The smallest absolute Gasteiger partial charge is 0.257 e. The molecule has 0 spiro atoms. The molecule has 1 aromatic heterocycles. The van der Waals surface area contributed by atoms with E-state index in [9.17, 15) is 9.18 Å². The molecule has 6 heteroatoms. The predicted molar refractivity (Wildman–Crippen MR) is 73.0 cm³/mol. The first-order valence-electron chi connectivity index (χ1n) is 5.77. The summed E-state index contributed by atoms with van der Waals surface area (Å²) in [5.74, 6) is -0.163. The van der Waals surface area contributed by atoms with Crippen LogP contribution in [0.5, 0.6) is 0 Å². The average molecular weight is 279 g/mol. The van der Waals surface area contributed by atoms with Gasteiger partial charge >= 0.3 is 0 Å². The number of amides is 1. The van der Waals surface area contributed by atoms with Crippen molar-refractivity contribution in [2.75, 3.05) is 5.32 Å². The molecule has 2 aromatic rings. The third-order valence-corrected chi connectivity index (χ3v) is 3.03. The van der Waals surface area contributed by atoms with Gasteiger partial charge < -0.3 is 0 Å². The van der Waals surface area contributed by atoms with E-state index < -0.39 is 11.7 Å². The summed E-state index contributed by atoms with van der Waals surface area (Å²) < 4.78 is 17.2. The molecule has 0 fully saturated rings. The van der Waals surface area contributed by atoms with Crippen LogP contribution in [0.4, 0.5) is 9.52 Å². The zero-order chi connectivity index (χ0) is 14.0. The fourth-order valence-corrected chi connectivity index (χ4v) is 2.13. The lowest BCUT2D eigenvalue weighted by Crippen LogP contribution is -2.15. The first-order chi connectivity index (χ1) is 8.86. The van der Waals surface area contributed by atoms with Gasteiger partial charge in [-0.05, 0) is 18.2 Å². The lowest BCUT2D eigenvalue weighted by Gasteiger charge is -2.12. The summed E-state index contributed by atoms with van der Waals surface area (Å²) in [6.45, 7) is 5.98. The van der Waals surface area contributed by atoms with E-state index in [-0.39, 0.29) is 11.0 Å². The van der Waals surface area contributed by atoms with Crippen LogP contribution in [0, 0.1) is 5.82 Å². The Kier molecular flexibility index (Phi) is 3.61. The molecule has 0 bridgehead atoms. The average Bonchev–Trinajstić information content (AvgIpc) is 2.77. The third kappa shape index (κ3) is 3.35. The highest BCUT2D eigenvalue weighted by Crippen LogP contribution is 2.23. The van der Waals surface area contributed by atoms with Gasteiger partial charge in [-0.25, -0.2) is 9.37 Å². The highest BCUT2D eigenvalue weighted by molar-refractivity contribution is 7.09. The first kappa shape index (κ1) is 13.6. The molecule has 1 heterocycles. The van der Waals surface area contributed by atoms with Crippen molar-refractivity contribution in [2.24, 2.45) is 0 Å². The predicted octanol–water partition coefficient (Wildman–Crippen LogP) is 3.23. The molecule has 19 heavy (non-hydrogen) atoms. The normalized spacial score (nSPS) is 11.4. The first-order valence-corrected chi connectivity index (χ1v) is 6.55. The van der Waals surface area contributed by atoms with Crippen LogP contribution < -0.4 is 5.32 Å². The Hall–Kier alpha value is -1.82. The number of aromatic nitrogens is 2. The molecule has 0 radical (unpaired) electrons. The summed E-state index contributed by atoms with van der Waals surface area (Å²) in [4.78, 5) is 16.1. The van der Waals surface area contributed by atoms with Crippen molar-refractivity contribution in [3.05, 3.63) is 41.5 Å². The molecule has 0 atom stereocenters. The number of benzene rings is 1. The molecular weight excluding hydrogens is 265 g/mol. The van der Waals surface area contributed by atoms with Gasteiger partial charge in [0.05, 0.1) is 0 Å². The van der Waals surface area contributed by atoms with Crippen LogP contribution >= 0.6 is 11.5 Å². The number of nitrogens with one attached hydrogen (secondary N) is 1. The maximum absolute atomic E-state index is 13.0. The maximum atomic E-state index is 13.0. The number of anilines is 1. The summed E-state index contributed by atoms with van der Waals surface area (Å²) in [6, 6.07) is 5.51. The van der Waals surface area contributed by atoms with E-state index in [0.29, 0.717) is 11.0 Å². The summed E-state index contributed by atoms with van der Waals surface area (Å²) in [6.07, 6.45) is 0. The van der Waals surface area contributed by atoms with Crippen molar-refractivity contribution in [2.45, 2.75) is 26.2 Å². The van der Waals surface area contributed by atoms with E-state index in [1.165, 1.54) is 18.2 Å². The van der Waals surface area contributed by atoms with Crippen LogP contribution in [-0.2, 0) is 5.41 Å². The lowest BCUT2D eigenvalue weighted by atomic mass is 9.96. The quantitative estimate of drug-likeness (QED) is 0.918. The largest absolute Gasteiger partial charge is 0.297 e. The number of carbonyl (C=O) groups is 1. The number of hydrogen-bond donors (Lipinski definition) is 1. The van der Waals surface area contributed by atoms with Crippen LogP contribution in [0.1, 0.15) is 37.0 Å². The second kappa shape index (κ2) is 5.05. The van der Waals surface area contributed by atoms with E-state index in [2.05, 4.69) is 14.7 Å². The summed E-state index contributed by atoms with van der Waals surface area (Å²) in [5, 5.41) is 3.03. The number of carbonyl (C=O) groups excluding carboxylic acids is 1. The lowest BCUT2D eigenvalue weighted by molar-refractivity contribution is 0.102. The number of halogens is 1. The maximum Gasteiger partial charge on any atom is 0.257 e. The third-order valence-electron chi connectivity index (χ3n) is 2.40. The topological polar surface area (TPSA) is 54.9 Å². The van der Waals surface area contributed by atoms with Gasteiger partial charge in [-0.15, -0.1) is 0 Å². The van der Waals surface area contributed by atoms with Gasteiger partial charge in [0.25, 0.3) is 5.91 Å². The minimum absolute atomic E-state index is 0.168. The Balaban J connectivity index is 2.13. The zero-order valence-corrected chi connectivity index (χ0v) is 11.7. The Morgan fingerprint density at radius 2 is 2.11 bits per heavy atom. The standard InChI is InChI=1S/C13H14FN3OS/c1-13(2,3)11-16-12(19-17-11)15-10(18)8-5-4-6-9(14)7-8/h4-7H,1-3H3,(H,15,16,17,18). The minimum Gasteiger partial charge on any atom is -0.297 e. The Labute approximate surface area is 114 Å². The number of hydrogen-bond acceptors (Lipinski definition) is 4. The molecule has 1 aromatic carbocycles. The fraction of sp³-hybridized carbons (Fsp3) is 0.308. The highest BCUT2D eigenvalue weighted by Gasteiger charge is 2.20. The van der Waals surface area contributed by atoms with Crippen molar-refractivity contribution >= 4 is 22.6 Å². The molecule has 0 aliphatic rings. The molecule has 0 saturated carbocycles. The second-order valence-corrected chi connectivity index (χ2v) is 5.89. The molecule has 0 aliphatic carbocycles. The van der Waals surface area contributed by atoms with Gasteiger partial charge in [0.2, 0.25) is 5.13 Å². The van der Waals surface area contributed by atoms with Gasteiger partial charge in [0.1, 0.15) is 11.6 Å². The monoisotopic (exact) mass is 279 g/mol. The van der Waals surface area contributed by atoms with Gasteiger partial charge in [-0.1, -0.05) is 26.8 Å². The van der Waals surface area contributed by atoms with Crippen LogP contribution in [0.25, 0.3) is 0 Å². The SMILES string of the molecule is CC(C)(C)c1nsc(NC(=O)c2cccc(F)c2)n1. The summed E-state index contributed by atoms with van der Waals surface area (Å²) in [7, 11) is 0. The molecule has 4 nitrogen and oxygen atoms in total. The molecule has 0 saturated heterocycles. The van der Waals surface area contributed by atoms with Crippen LogP contribution in [-0.4, -0.2) is 15.3 Å². The van der Waals surface area contributed by atoms with Crippen molar-refractivity contribution < 1.29 is 9.18 Å². The van der Waals surface area contributed by atoms with Gasteiger partial charge in [0, 0.05) is 22.5 Å². The number of nitrogens with zero attached hydrogens (tertiary/aromatic N) is 2. The van der Waals surface area contributed by atoms with Crippen LogP contribution in [0.15, 0.2) is 24.3 Å². The molecule has 2 rings (SSSR count). The summed E-state index contributed by atoms with van der Waals surface area (Å²) in [5.41, 5.74) is 0.0886. The van der Waals surface area contributed by atoms with E-state index in [1.807, 2.05) is 20.8 Å². The van der Waals surface area contributed by atoms with E-state index >= 15 is 0 Å². The Bertz CT molecular complexity index is 604. The molecule has 0 aliphatic heterocycles. The van der Waals surface area contributed by atoms with Gasteiger partial charge in [-0.3, -0.25) is 10.1 Å². The molecule has 100 valence electrons. The molecule has 1 N–H and O–H groups in total. The second-order valence-electron chi connectivity index (χ2n) is 5.14. The van der Waals surface area contributed by atoms with Crippen molar-refractivity contribution in [3.63, 3.8) is 0 Å². The van der Waals surface area contributed by atoms with Crippen molar-refractivity contribution in [3.8, 4) is 0 Å². The van der Waals surface area contributed by atoms with Crippen molar-refractivity contribution in [1.82, 2.24) is 9.36 Å². The van der Waals surface area contributed by atoms with E-state index in [0.717, 1.165) is 11.5 Å². The molecule has 0 unspecified atom stereocenters. The van der Waals surface area contributed by atoms with E-state index in [1.54, 1.807) is 6.07 Å². The van der Waals surface area contributed by atoms with Crippen LogP contribution in [0.2, 0.25) is 0 Å². The Morgan fingerprint density at radius 1 is 1.37 bits per heavy atom. The van der Waals surface area contributed by atoms with Crippen molar-refractivity contribution in [1.29, 1.82) is 0 Å². The zero-order valence-electron chi connectivity index (χ0n) is 10.9. The number of rotatable bonds is 2. The minimum atomic E-state index is -0.444.